The van der Waals surface area contributed by atoms with Crippen LogP contribution in [0.3, 0.4) is 0 Å². The average Bonchev–Trinajstić information content (AvgIpc) is 3.03. The van der Waals surface area contributed by atoms with Crippen LogP contribution in [0.25, 0.3) is 0 Å². The minimum atomic E-state index is -0.669. The minimum absolute atomic E-state index is 0.194. The number of hydrogen-bond donors (Lipinski definition) is 1. The molecule has 0 spiro atoms. The third-order valence-electron chi connectivity index (χ3n) is 5.09. The van der Waals surface area contributed by atoms with Gasteiger partial charge < -0.3 is 10.1 Å². The van der Waals surface area contributed by atoms with Gasteiger partial charge in [-0.25, -0.2) is 0 Å². The number of non-ortho nitro benzene ring substituents is 1. The first-order chi connectivity index (χ1) is 14.6. The number of anilines is 1. The molecule has 2 aromatic carbocycles. The third-order valence-corrected chi connectivity index (χ3v) is 5.46. The van der Waals surface area contributed by atoms with E-state index >= 15 is 0 Å². The lowest BCUT2D eigenvalue weighted by molar-refractivity contribution is -0.384. The molecular formula is C22H23ClN4O4. The van der Waals surface area contributed by atoms with Gasteiger partial charge in [0.25, 0.3) is 5.69 Å². The highest BCUT2D eigenvalue weighted by atomic mass is 35.5. The van der Waals surface area contributed by atoms with E-state index in [1.54, 1.807) is 19.9 Å². The van der Waals surface area contributed by atoms with Crippen molar-refractivity contribution in [3.63, 3.8) is 0 Å². The Bertz CT molecular complexity index is 1170. The number of carbonyl (C=O) groups is 1. The number of aryl methyl sites for hydroxylation is 2. The van der Waals surface area contributed by atoms with Crippen LogP contribution in [0.2, 0.25) is 5.02 Å². The highest BCUT2D eigenvalue weighted by Gasteiger charge is 2.21. The average molecular weight is 443 g/mol. The molecule has 0 aliphatic heterocycles. The molecule has 31 heavy (non-hydrogen) atoms. The van der Waals surface area contributed by atoms with Crippen LogP contribution >= 0.6 is 11.6 Å². The van der Waals surface area contributed by atoms with Gasteiger partial charge >= 0.3 is 0 Å². The van der Waals surface area contributed by atoms with Crippen molar-refractivity contribution in [1.29, 1.82) is 0 Å². The molecule has 0 bridgehead atoms. The predicted molar refractivity (Wildman–Crippen MR) is 119 cm³/mol. The number of amides is 1. The van der Waals surface area contributed by atoms with E-state index in [1.165, 1.54) is 23.0 Å². The van der Waals surface area contributed by atoms with Gasteiger partial charge in [0.2, 0.25) is 5.91 Å². The van der Waals surface area contributed by atoms with E-state index in [0.29, 0.717) is 16.5 Å². The van der Waals surface area contributed by atoms with Crippen LogP contribution in [-0.4, -0.2) is 20.6 Å². The van der Waals surface area contributed by atoms with Crippen molar-refractivity contribution in [2.24, 2.45) is 0 Å². The van der Waals surface area contributed by atoms with Crippen LogP contribution < -0.4 is 10.1 Å². The van der Waals surface area contributed by atoms with E-state index in [2.05, 4.69) is 10.4 Å². The quantitative estimate of drug-likeness (QED) is 0.391. The summed E-state index contributed by atoms with van der Waals surface area (Å²) in [7, 11) is 0. The Hall–Kier alpha value is -3.39. The first-order valence-corrected chi connectivity index (χ1v) is 10.00. The van der Waals surface area contributed by atoms with Crippen LogP contribution in [0.15, 0.2) is 36.5 Å². The van der Waals surface area contributed by atoms with Crippen molar-refractivity contribution in [2.45, 2.75) is 40.7 Å². The number of rotatable bonds is 6. The molecule has 3 rings (SSSR count). The van der Waals surface area contributed by atoms with Gasteiger partial charge in [-0.2, -0.15) is 5.10 Å². The molecule has 3 aromatic rings. The molecule has 1 atom stereocenters. The maximum Gasteiger partial charge on any atom is 0.275 e. The van der Waals surface area contributed by atoms with Gasteiger partial charge in [-0.15, -0.1) is 0 Å². The van der Waals surface area contributed by atoms with E-state index in [-0.39, 0.29) is 17.1 Å². The summed E-state index contributed by atoms with van der Waals surface area (Å²) in [5, 5.41) is 18.7. The molecule has 0 saturated carbocycles. The Balaban J connectivity index is 1.91. The molecule has 1 unspecified atom stereocenters. The molecule has 1 N–H and O–H groups in total. The molecule has 8 nitrogen and oxygen atoms in total. The van der Waals surface area contributed by atoms with Gasteiger partial charge in [-0.05, 0) is 57.4 Å². The monoisotopic (exact) mass is 442 g/mol. The Kier molecular flexibility index (Phi) is 6.31. The number of carbonyl (C=O) groups excluding carboxylic acids is 1. The molecule has 1 heterocycles. The smallest absolute Gasteiger partial charge is 0.275 e. The highest BCUT2D eigenvalue weighted by Crippen LogP contribution is 2.33. The van der Waals surface area contributed by atoms with E-state index in [1.807, 2.05) is 32.9 Å². The molecule has 1 aromatic heterocycles. The van der Waals surface area contributed by atoms with E-state index in [9.17, 15) is 14.9 Å². The lowest BCUT2D eigenvalue weighted by atomic mass is 10.1. The van der Waals surface area contributed by atoms with Gasteiger partial charge in [0.15, 0.2) is 0 Å². The SMILES string of the molecule is Cc1cc(C)c(C)c(Oc2cc(NC(=O)C(C)n3ncc(Cl)c3C)cc([N+](=O)[O-])c2)c1. The summed E-state index contributed by atoms with van der Waals surface area (Å²) in [6.45, 7) is 9.26. The van der Waals surface area contributed by atoms with Crippen molar-refractivity contribution < 1.29 is 14.5 Å². The Labute approximate surface area is 184 Å². The number of aromatic nitrogens is 2. The van der Waals surface area contributed by atoms with Crippen LogP contribution in [0.1, 0.15) is 35.3 Å². The summed E-state index contributed by atoms with van der Waals surface area (Å²) >= 11 is 6.02. The standard InChI is InChI=1S/C22H23ClN4O4/c1-12-6-13(2)14(3)21(7-12)31-19-9-17(8-18(10-19)27(29)30)25-22(28)16(5)26-15(4)20(23)11-24-26/h6-11,16H,1-5H3,(H,25,28). The summed E-state index contributed by atoms with van der Waals surface area (Å²) in [4.78, 5) is 23.6. The first kappa shape index (κ1) is 22.3. The number of nitro benzene ring substituents is 1. The fraction of sp³-hybridized carbons (Fsp3) is 0.273. The predicted octanol–water partition coefficient (Wildman–Crippen LogP) is 5.67. The molecule has 9 heteroatoms. The molecule has 0 aliphatic rings. The van der Waals surface area contributed by atoms with Gasteiger partial charge in [0.1, 0.15) is 17.5 Å². The topological polar surface area (TPSA) is 99.3 Å². The van der Waals surface area contributed by atoms with Crippen molar-refractivity contribution >= 4 is 28.9 Å². The van der Waals surface area contributed by atoms with Gasteiger partial charge in [0.05, 0.1) is 33.6 Å². The Morgan fingerprint density at radius 2 is 1.90 bits per heavy atom. The molecular weight excluding hydrogens is 420 g/mol. The molecule has 0 aliphatic carbocycles. The van der Waals surface area contributed by atoms with Crippen LogP contribution in [0.4, 0.5) is 11.4 Å². The third kappa shape index (κ3) is 4.86. The lowest BCUT2D eigenvalue weighted by Gasteiger charge is -2.16. The largest absolute Gasteiger partial charge is 0.457 e. The number of nitrogens with zero attached hydrogens (tertiary/aromatic N) is 3. The number of ether oxygens (including phenoxy) is 1. The number of hydrogen-bond acceptors (Lipinski definition) is 5. The zero-order valence-corrected chi connectivity index (χ0v) is 18.6. The number of nitro groups is 1. The number of halogens is 1. The van der Waals surface area contributed by atoms with Crippen molar-refractivity contribution in [3.8, 4) is 11.5 Å². The lowest BCUT2D eigenvalue weighted by Crippen LogP contribution is -2.25. The van der Waals surface area contributed by atoms with Gasteiger partial charge in [-0.3, -0.25) is 19.6 Å². The van der Waals surface area contributed by atoms with Crippen molar-refractivity contribution in [3.05, 3.63) is 74.0 Å². The van der Waals surface area contributed by atoms with Crippen LogP contribution in [0, 0.1) is 37.8 Å². The molecule has 162 valence electrons. The normalized spacial score (nSPS) is 11.8. The van der Waals surface area contributed by atoms with E-state index in [4.69, 9.17) is 16.3 Å². The summed E-state index contributed by atoms with van der Waals surface area (Å²) in [5.41, 5.74) is 3.70. The number of nitrogens with one attached hydrogen (secondary N) is 1. The fourth-order valence-corrected chi connectivity index (χ4v) is 3.33. The van der Waals surface area contributed by atoms with Crippen LogP contribution in [-0.2, 0) is 4.79 Å². The van der Waals surface area contributed by atoms with Crippen molar-refractivity contribution in [1.82, 2.24) is 9.78 Å². The zero-order chi connectivity index (χ0) is 22.9. The second-order valence-corrected chi connectivity index (χ2v) is 7.87. The maximum absolute atomic E-state index is 12.7. The molecule has 0 fully saturated rings. The Morgan fingerprint density at radius 1 is 1.19 bits per heavy atom. The summed E-state index contributed by atoms with van der Waals surface area (Å²) in [6.07, 6.45) is 1.46. The Morgan fingerprint density at radius 3 is 2.52 bits per heavy atom. The molecule has 1 amide bonds. The van der Waals surface area contributed by atoms with Gasteiger partial charge in [-0.1, -0.05) is 17.7 Å². The highest BCUT2D eigenvalue weighted by molar-refractivity contribution is 6.31. The summed E-state index contributed by atoms with van der Waals surface area (Å²) in [6, 6.07) is 7.40. The second kappa shape index (κ2) is 8.77. The first-order valence-electron chi connectivity index (χ1n) is 9.62. The van der Waals surface area contributed by atoms with Crippen LogP contribution in [0.5, 0.6) is 11.5 Å². The van der Waals surface area contributed by atoms with E-state index in [0.717, 1.165) is 16.7 Å². The summed E-state index contributed by atoms with van der Waals surface area (Å²) < 4.78 is 7.45. The maximum atomic E-state index is 12.7. The van der Waals surface area contributed by atoms with Crippen molar-refractivity contribution in [2.75, 3.05) is 5.32 Å². The zero-order valence-electron chi connectivity index (χ0n) is 17.9. The molecule has 0 saturated heterocycles. The second-order valence-electron chi connectivity index (χ2n) is 7.47. The van der Waals surface area contributed by atoms with Gasteiger partial charge in [0, 0.05) is 12.1 Å². The fourth-order valence-electron chi connectivity index (χ4n) is 3.20. The minimum Gasteiger partial charge on any atom is -0.457 e. The van der Waals surface area contributed by atoms with E-state index < -0.39 is 16.9 Å². The summed E-state index contributed by atoms with van der Waals surface area (Å²) in [5.74, 6) is 0.464. The number of benzene rings is 2. The molecule has 0 radical (unpaired) electrons.